The molecule has 1 aliphatic heterocycles. The van der Waals surface area contributed by atoms with Crippen molar-refractivity contribution in [2.24, 2.45) is 11.3 Å². The molecule has 1 atom stereocenters. The molecule has 1 spiro atoms. The highest BCUT2D eigenvalue weighted by Crippen LogP contribution is 2.59. The van der Waals surface area contributed by atoms with E-state index in [-0.39, 0.29) is 17.2 Å². The summed E-state index contributed by atoms with van der Waals surface area (Å²) in [7, 11) is 0. The Morgan fingerprint density at radius 3 is 2.68 bits per heavy atom. The number of furan rings is 1. The fraction of sp³-hybridized carbons (Fsp3) is 0.308. The Morgan fingerprint density at radius 1 is 1.12 bits per heavy atom. The van der Waals surface area contributed by atoms with Crippen LogP contribution in [0.1, 0.15) is 40.2 Å². The lowest BCUT2D eigenvalue weighted by molar-refractivity contribution is 0.0668. The van der Waals surface area contributed by atoms with E-state index < -0.39 is 0 Å². The van der Waals surface area contributed by atoms with Crippen LogP contribution in [-0.2, 0) is 0 Å². The van der Waals surface area contributed by atoms with Gasteiger partial charge in [-0.2, -0.15) is 5.10 Å². The van der Waals surface area contributed by atoms with E-state index in [1.54, 1.807) is 24.7 Å². The fourth-order valence-corrected chi connectivity index (χ4v) is 5.18. The summed E-state index contributed by atoms with van der Waals surface area (Å²) >= 11 is 0. The van der Waals surface area contributed by atoms with Gasteiger partial charge in [0.1, 0.15) is 0 Å². The molecule has 1 saturated heterocycles. The molecule has 2 amide bonds. The number of hydrogen-bond acceptors (Lipinski definition) is 5. The van der Waals surface area contributed by atoms with Crippen LogP contribution in [0.3, 0.4) is 0 Å². The molecule has 2 fully saturated rings. The Labute approximate surface area is 196 Å². The number of benzene rings is 1. The number of hydrogen-bond donors (Lipinski definition) is 2. The molecule has 34 heavy (non-hydrogen) atoms. The summed E-state index contributed by atoms with van der Waals surface area (Å²) in [5.41, 5.74) is 3.51. The number of amides is 2. The molecule has 1 unspecified atom stereocenters. The van der Waals surface area contributed by atoms with Crippen LogP contribution < -0.4 is 5.32 Å². The van der Waals surface area contributed by atoms with E-state index in [0.717, 1.165) is 49.0 Å². The highest BCUT2D eigenvalue weighted by atomic mass is 16.3. The molecule has 0 bridgehead atoms. The standard InChI is InChI=1S/C26H25N5O3/c32-24(22-13-19-5-9-27-16-23(19)34-22)28-15-20-14-26(20)7-11-31(12-8-26)25(33)18-3-1-17(2-4-18)21-6-10-29-30-21/h1-6,9-10,13,16,20H,7-8,11-12,14-15H2,(H,28,32)(H,29,30). The van der Waals surface area contributed by atoms with Crippen molar-refractivity contribution in [2.45, 2.75) is 19.3 Å². The number of aromatic nitrogens is 3. The third-order valence-electron chi connectivity index (χ3n) is 7.40. The first-order valence-corrected chi connectivity index (χ1v) is 11.6. The van der Waals surface area contributed by atoms with Crippen molar-refractivity contribution in [1.29, 1.82) is 0 Å². The Hall–Kier alpha value is -3.94. The first-order valence-electron chi connectivity index (χ1n) is 11.6. The largest absolute Gasteiger partial charge is 0.449 e. The van der Waals surface area contributed by atoms with Crippen LogP contribution in [0.5, 0.6) is 0 Å². The van der Waals surface area contributed by atoms with Crippen molar-refractivity contribution >= 4 is 22.8 Å². The number of carbonyl (C=O) groups is 2. The number of nitrogens with one attached hydrogen (secondary N) is 2. The lowest BCUT2D eigenvalue weighted by Gasteiger charge is -2.33. The topological polar surface area (TPSA) is 104 Å². The average molecular weight is 456 g/mol. The van der Waals surface area contributed by atoms with Crippen LogP contribution in [0, 0.1) is 11.3 Å². The minimum absolute atomic E-state index is 0.0795. The summed E-state index contributed by atoms with van der Waals surface area (Å²) in [6.07, 6.45) is 8.05. The molecule has 8 nitrogen and oxygen atoms in total. The van der Waals surface area contributed by atoms with Crippen molar-refractivity contribution in [1.82, 2.24) is 25.4 Å². The zero-order chi connectivity index (χ0) is 23.1. The summed E-state index contributed by atoms with van der Waals surface area (Å²) in [6.45, 7) is 2.14. The number of H-pyrrole nitrogens is 1. The van der Waals surface area contributed by atoms with Gasteiger partial charge < -0.3 is 14.6 Å². The van der Waals surface area contributed by atoms with Crippen LogP contribution in [0.2, 0.25) is 0 Å². The highest BCUT2D eigenvalue weighted by molar-refractivity contribution is 5.96. The smallest absolute Gasteiger partial charge is 0.287 e. The Balaban J connectivity index is 1.01. The van der Waals surface area contributed by atoms with Gasteiger partial charge in [0.25, 0.3) is 11.8 Å². The van der Waals surface area contributed by atoms with Crippen molar-refractivity contribution in [3.05, 3.63) is 72.4 Å². The fourth-order valence-electron chi connectivity index (χ4n) is 5.18. The van der Waals surface area contributed by atoms with Crippen LogP contribution >= 0.6 is 0 Å². The van der Waals surface area contributed by atoms with Crippen LogP contribution in [0.15, 0.2) is 65.5 Å². The summed E-state index contributed by atoms with van der Waals surface area (Å²) in [4.78, 5) is 31.5. The van der Waals surface area contributed by atoms with E-state index in [1.165, 1.54) is 0 Å². The predicted octanol–water partition coefficient (Wildman–Crippen LogP) is 3.89. The van der Waals surface area contributed by atoms with Crippen LogP contribution in [-0.4, -0.2) is 51.5 Å². The zero-order valence-electron chi connectivity index (χ0n) is 18.7. The predicted molar refractivity (Wildman–Crippen MR) is 126 cm³/mol. The molecule has 4 aromatic rings. The Kier molecular flexibility index (Phi) is 4.94. The van der Waals surface area contributed by atoms with Crippen molar-refractivity contribution in [3.63, 3.8) is 0 Å². The van der Waals surface area contributed by atoms with Gasteiger partial charge in [0.05, 0.1) is 11.9 Å². The van der Waals surface area contributed by atoms with Gasteiger partial charge in [-0.25, -0.2) is 0 Å². The number of pyridine rings is 1. The van der Waals surface area contributed by atoms with Gasteiger partial charge in [-0.05, 0) is 66.5 Å². The second-order valence-corrected chi connectivity index (χ2v) is 9.34. The second kappa shape index (κ2) is 8.13. The van der Waals surface area contributed by atoms with Gasteiger partial charge in [-0.1, -0.05) is 12.1 Å². The molecule has 8 heteroatoms. The molecule has 2 aliphatic rings. The molecule has 3 aromatic heterocycles. The van der Waals surface area contributed by atoms with E-state index >= 15 is 0 Å². The number of rotatable bonds is 5. The second-order valence-electron chi connectivity index (χ2n) is 9.34. The first-order chi connectivity index (χ1) is 16.6. The van der Waals surface area contributed by atoms with Crippen LogP contribution in [0.4, 0.5) is 0 Å². The number of piperidine rings is 1. The number of fused-ring (bicyclic) bond motifs is 1. The average Bonchev–Trinajstić information content (AvgIpc) is 3.26. The summed E-state index contributed by atoms with van der Waals surface area (Å²) in [5, 5.41) is 10.8. The van der Waals surface area contributed by atoms with E-state index in [0.29, 0.717) is 29.4 Å². The lowest BCUT2D eigenvalue weighted by Crippen LogP contribution is -2.40. The quantitative estimate of drug-likeness (QED) is 0.475. The maximum absolute atomic E-state index is 13.0. The molecule has 1 aromatic carbocycles. The molecule has 172 valence electrons. The zero-order valence-corrected chi connectivity index (χ0v) is 18.7. The van der Waals surface area contributed by atoms with Gasteiger partial charge in [0.2, 0.25) is 0 Å². The lowest BCUT2D eigenvalue weighted by atomic mass is 9.90. The molecule has 0 radical (unpaired) electrons. The van der Waals surface area contributed by atoms with Gasteiger partial charge >= 0.3 is 0 Å². The molecule has 4 heterocycles. The van der Waals surface area contributed by atoms with Gasteiger partial charge in [0.15, 0.2) is 11.3 Å². The van der Waals surface area contributed by atoms with E-state index in [2.05, 4.69) is 20.5 Å². The normalized spacial score (nSPS) is 18.8. The monoisotopic (exact) mass is 455 g/mol. The molecule has 1 saturated carbocycles. The molecular formula is C26H25N5O3. The van der Waals surface area contributed by atoms with Crippen molar-refractivity contribution in [3.8, 4) is 11.3 Å². The molecule has 1 aliphatic carbocycles. The van der Waals surface area contributed by atoms with Crippen molar-refractivity contribution < 1.29 is 14.0 Å². The first kappa shape index (κ1) is 20.7. The number of aromatic amines is 1. The summed E-state index contributed by atoms with van der Waals surface area (Å²) in [6, 6.07) is 13.1. The Morgan fingerprint density at radius 2 is 1.94 bits per heavy atom. The Bertz CT molecular complexity index is 1300. The van der Waals surface area contributed by atoms with Crippen molar-refractivity contribution in [2.75, 3.05) is 19.6 Å². The number of nitrogens with zero attached hydrogens (tertiary/aromatic N) is 3. The minimum Gasteiger partial charge on any atom is -0.449 e. The third-order valence-corrected chi connectivity index (χ3v) is 7.40. The van der Waals surface area contributed by atoms with E-state index in [9.17, 15) is 9.59 Å². The SMILES string of the molecule is O=C(NCC1CC12CCN(C(=O)c1ccc(-c3ccn[nH]3)cc1)CC2)c1cc2ccncc2o1. The summed E-state index contributed by atoms with van der Waals surface area (Å²) < 4.78 is 5.61. The molecule has 2 N–H and O–H groups in total. The number of likely N-dealkylation sites (tertiary alicyclic amines) is 1. The maximum Gasteiger partial charge on any atom is 0.287 e. The van der Waals surface area contributed by atoms with E-state index in [1.807, 2.05) is 41.3 Å². The number of carbonyl (C=O) groups excluding carboxylic acids is 2. The van der Waals surface area contributed by atoms with Crippen LogP contribution in [0.25, 0.3) is 22.2 Å². The van der Waals surface area contributed by atoms with Gasteiger partial charge in [-0.15, -0.1) is 0 Å². The highest BCUT2D eigenvalue weighted by Gasteiger charge is 2.54. The van der Waals surface area contributed by atoms with E-state index in [4.69, 9.17) is 4.42 Å². The molecular weight excluding hydrogens is 430 g/mol. The minimum atomic E-state index is -0.190. The third kappa shape index (κ3) is 3.75. The summed E-state index contributed by atoms with van der Waals surface area (Å²) in [5.74, 6) is 0.658. The van der Waals surface area contributed by atoms with Gasteiger partial charge in [0, 0.05) is 43.0 Å². The maximum atomic E-state index is 13.0. The van der Waals surface area contributed by atoms with Gasteiger partial charge in [-0.3, -0.25) is 19.7 Å². The molecule has 6 rings (SSSR count).